The van der Waals surface area contributed by atoms with Crippen molar-refractivity contribution in [2.75, 3.05) is 33.4 Å². The summed E-state index contributed by atoms with van der Waals surface area (Å²) >= 11 is 0. The average Bonchev–Trinajstić information content (AvgIpc) is 2.86. The monoisotopic (exact) mass is 279 g/mol. The van der Waals surface area contributed by atoms with Crippen LogP contribution in [-0.2, 0) is 4.74 Å². The normalized spacial score (nSPS) is 21.1. The molecule has 0 N–H and O–H groups in total. The zero-order valence-electron chi connectivity index (χ0n) is 12.1. The molecule has 110 valence electrons. The lowest BCUT2D eigenvalue weighted by Gasteiger charge is -2.20. The highest BCUT2D eigenvalue weighted by molar-refractivity contribution is 5.98. The number of carbonyl (C=O) groups is 1. The topological polar surface area (TPSA) is 29.5 Å². The van der Waals surface area contributed by atoms with Crippen LogP contribution in [0.4, 0.5) is 4.39 Å². The number of rotatable bonds is 6. The van der Waals surface area contributed by atoms with Crippen LogP contribution in [0.1, 0.15) is 23.7 Å². The van der Waals surface area contributed by atoms with Gasteiger partial charge in [0.25, 0.3) is 0 Å². The molecule has 0 aromatic heterocycles. The number of benzene rings is 1. The minimum absolute atomic E-state index is 0.113. The third kappa shape index (κ3) is 3.64. The molecule has 1 aromatic rings. The Labute approximate surface area is 119 Å². The maximum Gasteiger partial charge on any atom is 0.169 e. The highest BCUT2D eigenvalue weighted by atomic mass is 19.1. The molecule has 1 aliphatic rings. The zero-order chi connectivity index (χ0) is 14.5. The predicted octanol–water partition coefficient (Wildman–Crippen LogP) is 2.61. The van der Waals surface area contributed by atoms with E-state index >= 15 is 0 Å². The molecule has 1 aliphatic heterocycles. The predicted molar refractivity (Wildman–Crippen MR) is 76.3 cm³/mol. The van der Waals surface area contributed by atoms with Crippen molar-refractivity contribution in [1.82, 2.24) is 4.90 Å². The van der Waals surface area contributed by atoms with E-state index < -0.39 is 5.82 Å². The first-order valence-corrected chi connectivity index (χ1v) is 7.12. The molecule has 2 atom stereocenters. The van der Waals surface area contributed by atoms with Gasteiger partial charge in [-0.1, -0.05) is 19.1 Å². The van der Waals surface area contributed by atoms with Gasteiger partial charge in [0.2, 0.25) is 0 Å². The molecule has 4 heteroatoms. The molecule has 1 fully saturated rings. The summed E-state index contributed by atoms with van der Waals surface area (Å²) < 4.78 is 18.8. The van der Waals surface area contributed by atoms with Gasteiger partial charge in [0, 0.05) is 26.1 Å². The molecular weight excluding hydrogens is 257 g/mol. The van der Waals surface area contributed by atoms with Crippen molar-refractivity contribution in [1.29, 1.82) is 0 Å². The summed E-state index contributed by atoms with van der Waals surface area (Å²) in [5.74, 6) is -0.176. The van der Waals surface area contributed by atoms with Crippen molar-refractivity contribution in [3.05, 3.63) is 35.6 Å². The molecule has 20 heavy (non-hydrogen) atoms. The van der Waals surface area contributed by atoms with Gasteiger partial charge in [-0.25, -0.2) is 4.39 Å². The number of likely N-dealkylation sites (tertiary alicyclic amines) is 1. The van der Waals surface area contributed by atoms with Crippen LogP contribution in [0.15, 0.2) is 24.3 Å². The average molecular weight is 279 g/mol. The molecule has 1 aromatic carbocycles. The molecule has 0 aliphatic carbocycles. The second-order valence-corrected chi connectivity index (χ2v) is 5.61. The van der Waals surface area contributed by atoms with Gasteiger partial charge in [-0.3, -0.25) is 4.79 Å². The van der Waals surface area contributed by atoms with Crippen LogP contribution in [0.3, 0.4) is 0 Å². The first-order valence-electron chi connectivity index (χ1n) is 7.12. The van der Waals surface area contributed by atoms with Gasteiger partial charge in [-0.2, -0.15) is 0 Å². The number of nitrogens with zero attached hydrogens (tertiary/aromatic N) is 1. The van der Waals surface area contributed by atoms with E-state index in [4.69, 9.17) is 4.74 Å². The van der Waals surface area contributed by atoms with Crippen LogP contribution in [0.5, 0.6) is 0 Å². The fourth-order valence-corrected chi connectivity index (χ4v) is 2.85. The molecular formula is C16H22FNO2. The van der Waals surface area contributed by atoms with Gasteiger partial charge >= 0.3 is 0 Å². The number of methoxy groups -OCH3 is 1. The summed E-state index contributed by atoms with van der Waals surface area (Å²) in [5.41, 5.74) is 0.202. The highest BCUT2D eigenvalue weighted by Crippen LogP contribution is 2.20. The molecule has 0 saturated carbocycles. The van der Waals surface area contributed by atoms with Crippen molar-refractivity contribution >= 4 is 5.78 Å². The van der Waals surface area contributed by atoms with Crippen molar-refractivity contribution in [2.45, 2.75) is 13.3 Å². The number of halogens is 1. The molecule has 0 bridgehead atoms. The van der Waals surface area contributed by atoms with Crippen LogP contribution in [0.2, 0.25) is 0 Å². The molecule has 1 heterocycles. The van der Waals surface area contributed by atoms with Crippen LogP contribution in [-0.4, -0.2) is 44.0 Å². The molecule has 0 amide bonds. The van der Waals surface area contributed by atoms with Crippen LogP contribution in [0, 0.1) is 17.7 Å². The van der Waals surface area contributed by atoms with Gasteiger partial charge in [-0.15, -0.1) is 0 Å². The second-order valence-electron chi connectivity index (χ2n) is 5.61. The van der Waals surface area contributed by atoms with Crippen molar-refractivity contribution in [2.24, 2.45) is 11.8 Å². The van der Waals surface area contributed by atoms with Crippen molar-refractivity contribution in [3.63, 3.8) is 0 Å². The Balaban J connectivity index is 1.91. The SMILES string of the molecule is COCC1CCN(CC(C)C(=O)c2ccccc2F)C1. The number of ether oxygens (including phenoxy) is 1. The molecule has 0 radical (unpaired) electrons. The maximum absolute atomic E-state index is 13.6. The lowest BCUT2D eigenvalue weighted by Crippen LogP contribution is -2.31. The standard InChI is InChI=1S/C16H22FNO2/c1-12(9-18-8-7-13(10-18)11-20-2)16(19)14-5-3-4-6-15(14)17/h3-6,12-13H,7-11H2,1-2H3. The Morgan fingerprint density at radius 2 is 2.25 bits per heavy atom. The van der Waals surface area contributed by atoms with E-state index in [-0.39, 0.29) is 17.3 Å². The molecule has 1 saturated heterocycles. The lowest BCUT2D eigenvalue weighted by atomic mass is 9.98. The first kappa shape index (κ1) is 15.1. The Kier molecular flexibility index (Phi) is 5.26. The first-order chi connectivity index (χ1) is 9.61. The van der Waals surface area contributed by atoms with E-state index in [0.717, 1.165) is 26.1 Å². The number of ketones is 1. The van der Waals surface area contributed by atoms with Crippen LogP contribution < -0.4 is 0 Å². The Morgan fingerprint density at radius 3 is 2.95 bits per heavy atom. The van der Waals surface area contributed by atoms with Gasteiger partial charge in [0.05, 0.1) is 12.2 Å². The number of Topliss-reactive ketones (excluding diaryl/α,β-unsaturated/α-hetero) is 1. The van der Waals surface area contributed by atoms with E-state index in [1.54, 1.807) is 25.3 Å². The van der Waals surface area contributed by atoms with E-state index in [0.29, 0.717) is 12.5 Å². The van der Waals surface area contributed by atoms with Gasteiger partial charge < -0.3 is 9.64 Å². The summed E-state index contributed by atoms with van der Waals surface area (Å²) in [4.78, 5) is 14.5. The van der Waals surface area contributed by atoms with Crippen molar-refractivity contribution in [3.8, 4) is 0 Å². The Bertz CT molecular complexity index is 464. The smallest absolute Gasteiger partial charge is 0.169 e. The molecule has 2 unspecified atom stereocenters. The van der Waals surface area contributed by atoms with E-state index in [2.05, 4.69) is 4.90 Å². The van der Waals surface area contributed by atoms with Crippen LogP contribution in [0.25, 0.3) is 0 Å². The summed E-state index contributed by atoms with van der Waals surface area (Å²) in [6, 6.07) is 6.20. The summed E-state index contributed by atoms with van der Waals surface area (Å²) in [6.07, 6.45) is 1.11. The summed E-state index contributed by atoms with van der Waals surface area (Å²) in [7, 11) is 1.72. The zero-order valence-corrected chi connectivity index (χ0v) is 12.1. The lowest BCUT2D eigenvalue weighted by molar-refractivity contribution is 0.0894. The minimum atomic E-state index is -0.428. The largest absolute Gasteiger partial charge is 0.384 e. The third-order valence-electron chi connectivity index (χ3n) is 3.89. The number of hydrogen-bond acceptors (Lipinski definition) is 3. The quantitative estimate of drug-likeness (QED) is 0.750. The fraction of sp³-hybridized carbons (Fsp3) is 0.562. The maximum atomic E-state index is 13.6. The van der Waals surface area contributed by atoms with E-state index in [1.807, 2.05) is 6.92 Å². The van der Waals surface area contributed by atoms with Gasteiger partial charge in [0.1, 0.15) is 5.82 Å². The van der Waals surface area contributed by atoms with Crippen LogP contribution >= 0.6 is 0 Å². The summed E-state index contributed by atoms with van der Waals surface area (Å²) in [5, 5.41) is 0. The second kappa shape index (κ2) is 6.95. The highest BCUT2D eigenvalue weighted by Gasteiger charge is 2.26. The summed E-state index contributed by atoms with van der Waals surface area (Å²) in [6.45, 7) is 5.28. The van der Waals surface area contributed by atoms with E-state index in [1.165, 1.54) is 6.07 Å². The fourth-order valence-electron chi connectivity index (χ4n) is 2.85. The molecule has 0 spiro atoms. The van der Waals surface area contributed by atoms with Crippen molar-refractivity contribution < 1.29 is 13.9 Å². The molecule has 2 rings (SSSR count). The number of carbonyl (C=O) groups excluding carboxylic acids is 1. The van der Waals surface area contributed by atoms with Gasteiger partial charge in [0.15, 0.2) is 5.78 Å². The minimum Gasteiger partial charge on any atom is -0.384 e. The van der Waals surface area contributed by atoms with Gasteiger partial charge in [-0.05, 0) is 31.0 Å². The Hall–Kier alpha value is -1.26. The Morgan fingerprint density at radius 1 is 1.50 bits per heavy atom. The number of hydrogen-bond donors (Lipinski definition) is 0. The third-order valence-corrected chi connectivity index (χ3v) is 3.89. The van der Waals surface area contributed by atoms with E-state index in [9.17, 15) is 9.18 Å². The molecule has 3 nitrogen and oxygen atoms in total.